The highest BCUT2D eigenvalue weighted by molar-refractivity contribution is 6.15. The number of likely N-dealkylation sites (tertiary alicyclic amines) is 1. The molecule has 0 spiro atoms. The van der Waals surface area contributed by atoms with Crippen molar-refractivity contribution in [1.29, 1.82) is 5.41 Å². The van der Waals surface area contributed by atoms with Gasteiger partial charge in [-0.1, -0.05) is 30.3 Å². The number of nitrogens with two attached hydrogens (primary N) is 2. The van der Waals surface area contributed by atoms with E-state index in [4.69, 9.17) is 16.9 Å². The van der Waals surface area contributed by atoms with Crippen molar-refractivity contribution in [2.75, 3.05) is 18.8 Å². The van der Waals surface area contributed by atoms with Crippen molar-refractivity contribution < 1.29 is 5.11 Å². The van der Waals surface area contributed by atoms with Gasteiger partial charge in [-0.25, -0.2) is 0 Å². The largest absolute Gasteiger partial charge is 0.398 e. The third-order valence-electron chi connectivity index (χ3n) is 5.77. The number of hydrogen-bond acceptors (Lipinski definition) is 7. The quantitative estimate of drug-likeness (QED) is 0.353. The third kappa shape index (κ3) is 5.19. The van der Waals surface area contributed by atoms with E-state index < -0.39 is 0 Å². The third-order valence-corrected chi connectivity index (χ3v) is 5.77. The van der Waals surface area contributed by atoms with Crippen LogP contribution in [0, 0.1) is 5.41 Å². The maximum atomic E-state index is 9.70. The van der Waals surface area contributed by atoms with Gasteiger partial charge in [-0.2, -0.15) is 10.2 Å². The summed E-state index contributed by atoms with van der Waals surface area (Å²) in [5, 5.41) is 26.1. The topological polar surface area (TPSA) is 125 Å². The van der Waals surface area contributed by atoms with E-state index in [2.05, 4.69) is 27.2 Å². The maximum Gasteiger partial charge on any atom is 0.0862 e. The minimum absolute atomic E-state index is 0.174. The number of benzene rings is 2. The standard InChI is InChI=1S/C25H28N6O/c26-23-5-4-19(20-6-9-29-30-15-20)14-22(23)25(28)24(27)13-17-2-1-3-18(12-17)16-31-10-7-21(32)8-11-31/h1-6,9,12-15,21,28,32H,7-8,10-11,16,26-27H2/b24-13-,28-25?. The first kappa shape index (κ1) is 21.7. The summed E-state index contributed by atoms with van der Waals surface area (Å²) in [6.45, 7) is 2.63. The van der Waals surface area contributed by atoms with Crippen LogP contribution >= 0.6 is 0 Å². The van der Waals surface area contributed by atoms with Crippen molar-refractivity contribution in [1.82, 2.24) is 15.1 Å². The number of nitrogen functional groups attached to an aromatic ring is 1. The lowest BCUT2D eigenvalue weighted by Crippen LogP contribution is -2.35. The van der Waals surface area contributed by atoms with Crippen LogP contribution in [0.15, 0.2) is 66.6 Å². The van der Waals surface area contributed by atoms with Crippen molar-refractivity contribution in [3.63, 3.8) is 0 Å². The van der Waals surface area contributed by atoms with Gasteiger partial charge in [-0.05, 0) is 53.8 Å². The highest BCUT2D eigenvalue weighted by atomic mass is 16.3. The summed E-state index contributed by atoms with van der Waals surface area (Å²) in [5.41, 5.74) is 18.0. The molecule has 0 saturated carbocycles. The highest BCUT2D eigenvalue weighted by Crippen LogP contribution is 2.25. The fourth-order valence-electron chi connectivity index (χ4n) is 3.94. The second-order valence-electron chi connectivity index (χ2n) is 8.16. The van der Waals surface area contributed by atoms with Crippen LogP contribution in [0.1, 0.15) is 29.5 Å². The molecule has 4 rings (SSSR count). The van der Waals surface area contributed by atoms with Crippen molar-refractivity contribution >= 4 is 17.5 Å². The molecule has 0 amide bonds. The zero-order chi connectivity index (χ0) is 22.5. The number of rotatable bonds is 6. The van der Waals surface area contributed by atoms with Crippen molar-refractivity contribution in [3.05, 3.63) is 83.3 Å². The Morgan fingerprint density at radius 2 is 1.91 bits per heavy atom. The van der Waals surface area contributed by atoms with Crippen LogP contribution in [0.2, 0.25) is 0 Å². The Morgan fingerprint density at radius 3 is 2.66 bits per heavy atom. The molecule has 0 unspecified atom stereocenters. The smallest absolute Gasteiger partial charge is 0.0862 e. The summed E-state index contributed by atoms with van der Waals surface area (Å²) in [6, 6.07) is 15.6. The Labute approximate surface area is 187 Å². The molecule has 1 aliphatic rings. The van der Waals surface area contributed by atoms with E-state index in [1.54, 1.807) is 18.5 Å². The van der Waals surface area contributed by atoms with Gasteiger partial charge in [0.1, 0.15) is 0 Å². The van der Waals surface area contributed by atoms with Crippen LogP contribution < -0.4 is 11.5 Å². The summed E-state index contributed by atoms with van der Waals surface area (Å²) < 4.78 is 0. The van der Waals surface area contributed by atoms with Gasteiger partial charge in [-0.3, -0.25) is 10.3 Å². The van der Waals surface area contributed by atoms with Crippen molar-refractivity contribution in [2.24, 2.45) is 5.73 Å². The number of aliphatic hydroxyl groups excluding tert-OH is 1. The number of piperidine rings is 1. The molecule has 7 heteroatoms. The van der Waals surface area contributed by atoms with E-state index in [0.29, 0.717) is 16.9 Å². The summed E-state index contributed by atoms with van der Waals surface area (Å²) >= 11 is 0. The van der Waals surface area contributed by atoms with E-state index in [-0.39, 0.29) is 11.8 Å². The van der Waals surface area contributed by atoms with Crippen LogP contribution in [0.3, 0.4) is 0 Å². The van der Waals surface area contributed by atoms with E-state index in [1.165, 1.54) is 5.56 Å². The molecule has 0 aliphatic carbocycles. The SMILES string of the molecule is N=C(/C(N)=C/c1cccc(CN2CCC(O)CC2)c1)c1cc(-c2ccnnc2)ccc1N. The monoisotopic (exact) mass is 428 g/mol. The molecule has 164 valence electrons. The van der Waals surface area contributed by atoms with Gasteiger partial charge in [0, 0.05) is 36.4 Å². The average molecular weight is 429 g/mol. The van der Waals surface area contributed by atoms with Crippen LogP contribution in [0.25, 0.3) is 17.2 Å². The van der Waals surface area contributed by atoms with Gasteiger partial charge in [0.2, 0.25) is 0 Å². The zero-order valence-corrected chi connectivity index (χ0v) is 17.9. The number of hydrogen-bond donors (Lipinski definition) is 4. The number of aliphatic hydroxyl groups is 1. The Morgan fingerprint density at radius 1 is 1.09 bits per heavy atom. The minimum Gasteiger partial charge on any atom is -0.398 e. The zero-order valence-electron chi connectivity index (χ0n) is 17.9. The predicted molar refractivity (Wildman–Crippen MR) is 128 cm³/mol. The fourth-order valence-corrected chi connectivity index (χ4v) is 3.94. The molecule has 2 heterocycles. The lowest BCUT2D eigenvalue weighted by Gasteiger charge is -2.29. The second-order valence-corrected chi connectivity index (χ2v) is 8.16. The van der Waals surface area contributed by atoms with Gasteiger partial charge < -0.3 is 16.6 Å². The number of aromatic nitrogens is 2. The van der Waals surface area contributed by atoms with Gasteiger partial charge in [0.25, 0.3) is 0 Å². The summed E-state index contributed by atoms with van der Waals surface area (Å²) in [7, 11) is 0. The van der Waals surface area contributed by atoms with Gasteiger partial charge in [0.15, 0.2) is 0 Å². The van der Waals surface area contributed by atoms with E-state index in [9.17, 15) is 5.11 Å². The molecule has 1 fully saturated rings. The molecule has 3 aromatic rings. The Hall–Kier alpha value is -3.55. The first-order chi connectivity index (χ1) is 15.5. The van der Waals surface area contributed by atoms with Gasteiger partial charge in [0.05, 0.1) is 29.9 Å². The molecule has 1 aliphatic heterocycles. The molecule has 0 radical (unpaired) electrons. The summed E-state index contributed by atoms with van der Waals surface area (Å²) in [4.78, 5) is 2.35. The number of nitrogens with zero attached hydrogens (tertiary/aromatic N) is 3. The van der Waals surface area contributed by atoms with Crippen LogP contribution in [-0.4, -0.2) is 45.1 Å². The number of nitrogens with one attached hydrogen (secondary N) is 1. The van der Waals surface area contributed by atoms with E-state index in [0.717, 1.165) is 49.2 Å². The molecular weight excluding hydrogens is 400 g/mol. The summed E-state index contributed by atoms with van der Waals surface area (Å²) in [5.74, 6) is 0. The molecule has 1 aromatic heterocycles. The predicted octanol–water partition coefficient (Wildman–Crippen LogP) is 3.05. The Bertz CT molecular complexity index is 1120. The van der Waals surface area contributed by atoms with Crippen LogP contribution in [0.4, 0.5) is 5.69 Å². The first-order valence-corrected chi connectivity index (χ1v) is 10.7. The molecular formula is C25H28N6O. The van der Waals surface area contributed by atoms with E-state index in [1.807, 2.05) is 36.4 Å². The maximum absolute atomic E-state index is 9.70. The van der Waals surface area contributed by atoms with Gasteiger partial charge in [-0.15, -0.1) is 0 Å². The lowest BCUT2D eigenvalue weighted by atomic mass is 9.98. The number of allylic oxidation sites excluding steroid dienone is 1. The van der Waals surface area contributed by atoms with Gasteiger partial charge >= 0.3 is 0 Å². The molecule has 6 N–H and O–H groups in total. The van der Waals surface area contributed by atoms with Crippen molar-refractivity contribution in [3.8, 4) is 11.1 Å². The minimum atomic E-state index is -0.174. The van der Waals surface area contributed by atoms with E-state index >= 15 is 0 Å². The molecule has 32 heavy (non-hydrogen) atoms. The van der Waals surface area contributed by atoms with Crippen molar-refractivity contribution in [2.45, 2.75) is 25.5 Å². The Balaban J connectivity index is 1.52. The molecule has 2 aromatic carbocycles. The molecule has 1 saturated heterocycles. The average Bonchev–Trinajstić information content (AvgIpc) is 2.81. The molecule has 7 nitrogen and oxygen atoms in total. The van der Waals surface area contributed by atoms with Crippen LogP contribution in [0.5, 0.6) is 0 Å². The second kappa shape index (κ2) is 9.72. The first-order valence-electron chi connectivity index (χ1n) is 10.7. The lowest BCUT2D eigenvalue weighted by molar-refractivity contribution is 0.0792. The normalized spacial score (nSPS) is 15.6. The van der Waals surface area contributed by atoms with Crippen LogP contribution in [-0.2, 0) is 6.54 Å². The number of anilines is 1. The Kier molecular flexibility index (Phi) is 6.58. The summed E-state index contributed by atoms with van der Waals surface area (Å²) in [6.07, 6.45) is 6.58. The highest BCUT2D eigenvalue weighted by Gasteiger charge is 2.17. The molecule has 0 bridgehead atoms. The fraction of sp³-hybridized carbons (Fsp3) is 0.240. The molecule has 0 atom stereocenters.